The van der Waals surface area contributed by atoms with E-state index in [2.05, 4.69) is 22.5 Å². The molecule has 0 fully saturated rings. The smallest absolute Gasteiger partial charge is 0.242 e. The highest BCUT2D eigenvalue weighted by atomic mass is 32.2. The van der Waals surface area contributed by atoms with Crippen molar-refractivity contribution in [1.29, 1.82) is 0 Å². The molecule has 1 aliphatic heterocycles. The molecular formula is C10H19N3OS. The zero-order valence-electron chi connectivity index (χ0n) is 9.54. The fraction of sp³-hybridized carbons (Fsp3) is 0.800. The number of hydrogen-bond donors (Lipinski definition) is 2. The molecule has 0 spiro atoms. The monoisotopic (exact) mass is 229 g/mol. The SMILES string of the molecule is CCNC(=O)C(C)NC1=NCC(CC)S1. The van der Waals surface area contributed by atoms with Gasteiger partial charge in [-0.05, 0) is 20.3 Å². The van der Waals surface area contributed by atoms with E-state index in [1.807, 2.05) is 13.8 Å². The summed E-state index contributed by atoms with van der Waals surface area (Å²) in [5.74, 6) is 0.0285. The molecule has 0 saturated heterocycles. The molecule has 5 heteroatoms. The standard InChI is InChI=1S/C10H19N3OS/c1-4-8-6-12-10(15-8)13-7(3)9(14)11-5-2/h7-8H,4-6H2,1-3H3,(H,11,14)(H,12,13). The van der Waals surface area contributed by atoms with Crippen LogP contribution in [0.1, 0.15) is 27.2 Å². The first-order valence-electron chi connectivity index (χ1n) is 5.42. The van der Waals surface area contributed by atoms with Crippen LogP contribution in [-0.4, -0.2) is 35.5 Å². The highest BCUT2D eigenvalue weighted by molar-refractivity contribution is 8.14. The van der Waals surface area contributed by atoms with Gasteiger partial charge in [0.1, 0.15) is 6.04 Å². The van der Waals surface area contributed by atoms with E-state index in [1.54, 1.807) is 11.8 Å². The topological polar surface area (TPSA) is 53.5 Å². The van der Waals surface area contributed by atoms with Gasteiger partial charge >= 0.3 is 0 Å². The highest BCUT2D eigenvalue weighted by Crippen LogP contribution is 2.22. The number of amidine groups is 1. The average Bonchev–Trinajstić information content (AvgIpc) is 2.66. The van der Waals surface area contributed by atoms with E-state index in [1.165, 1.54) is 0 Å². The van der Waals surface area contributed by atoms with Crippen LogP contribution in [0.2, 0.25) is 0 Å². The second-order valence-electron chi connectivity index (χ2n) is 3.55. The van der Waals surface area contributed by atoms with Crippen LogP contribution in [0.15, 0.2) is 4.99 Å². The lowest BCUT2D eigenvalue weighted by molar-refractivity contribution is -0.122. The molecule has 2 N–H and O–H groups in total. The maximum absolute atomic E-state index is 11.4. The Morgan fingerprint density at radius 2 is 2.40 bits per heavy atom. The summed E-state index contributed by atoms with van der Waals surface area (Å²) in [5.41, 5.74) is 0. The Labute approximate surface area is 95.3 Å². The minimum absolute atomic E-state index is 0.0285. The number of hydrogen-bond acceptors (Lipinski definition) is 4. The van der Waals surface area contributed by atoms with E-state index >= 15 is 0 Å². The molecule has 86 valence electrons. The second kappa shape index (κ2) is 6.00. The van der Waals surface area contributed by atoms with Gasteiger partial charge in [0.25, 0.3) is 0 Å². The van der Waals surface area contributed by atoms with Crippen molar-refractivity contribution in [3.05, 3.63) is 0 Å². The first kappa shape index (κ1) is 12.4. The first-order chi connectivity index (χ1) is 7.17. The summed E-state index contributed by atoms with van der Waals surface area (Å²) in [4.78, 5) is 15.8. The molecule has 4 nitrogen and oxygen atoms in total. The van der Waals surface area contributed by atoms with Gasteiger partial charge in [0.2, 0.25) is 5.91 Å². The number of amides is 1. The molecule has 2 unspecified atom stereocenters. The van der Waals surface area contributed by atoms with Gasteiger partial charge in [0.15, 0.2) is 5.17 Å². The van der Waals surface area contributed by atoms with Gasteiger partial charge in [0.05, 0.1) is 6.54 Å². The molecule has 1 heterocycles. The molecule has 2 atom stereocenters. The maximum atomic E-state index is 11.4. The van der Waals surface area contributed by atoms with Crippen LogP contribution < -0.4 is 10.6 Å². The summed E-state index contributed by atoms with van der Waals surface area (Å²) in [7, 11) is 0. The van der Waals surface area contributed by atoms with Crippen LogP contribution in [0.5, 0.6) is 0 Å². The molecule has 0 aromatic carbocycles. The van der Waals surface area contributed by atoms with E-state index in [0.29, 0.717) is 11.8 Å². The number of carbonyl (C=O) groups is 1. The molecule has 0 radical (unpaired) electrons. The molecule has 1 aliphatic rings. The third kappa shape index (κ3) is 3.74. The van der Waals surface area contributed by atoms with Crippen LogP contribution in [-0.2, 0) is 4.79 Å². The summed E-state index contributed by atoms with van der Waals surface area (Å²) in [6, 6.07) is -0.202. The molecule has 0 aromatic rings. The largest absolute Gasteiger partial charge is 0.355 e. The fourth-order valence-corrected chi connectivity index (χ4v) is 2.31. The number of aliphatic imine (C=N–C) groups is 1. The van der Waals surface area contributed by atoms with Gasteiger partial charge in [-0.2, -0.15) is 0 Å². The normalized spacial score (nSPS) is 22.1. The number of carbonyl (C=O) groups excluding carboxylic acids is 1. The van der Waals surface area contributed by atoms with Crippen LogP contribution in [0.25, 0.3) is 0 Å². The van der Waals surface area contributed by atoms with Crippen molar-refractivity contribution in [2.24, 2.45) is 4.99 Å². The van der Waals surface area contributed by atoms with Crippen LogP contribution >= 0.6 is 11.8 Å². The van der Waals surface area contributed by atoms with Gasteiger partial charge in [0, 0.05) is 11.8 Å². The Balaban J connectivity index is 2.33. The van der Waals surface area contributed by atoms with Crippen LogP contribution in [0.4, 0.5) is 0 Å². The lowest BCUT2D eigenvalue weighted by Gasteiger charge is -2.14. The Morgan fingerprint density at radius 1 is 1.67 bits per heavy atom. The third-order valence-electron chi connectivity index (χ3n) is 2.26. The molecule has 0 bridgehead atoms. The first-order valence-corrected chi connectivity index (χ1v) is 6.30. The van der Waals surface area contributed by atoms with E-state index in [4.69, 9.17) is 0 Å². The van der Waals surface area contributed by atoms with Gasteiger partial charge in [-0.25, -0.2) is 0 Å². The molecule has 0 aliphatic carbocycles. The van der Waals surface area contributed by atoms with Gasteiger partial charge in [-0.15, -0.1) is 0 Å². The second-order valence-corrected chi connectivity index (χ2v) is 4.84. The van der Waals surface area contributed by atoms with E-state index in [0.717, 1.165) is 18.1 Å². The summed E-state index contributed by atoms with van der Waals surface area (Å²) in [6.07, 6.45) is 1.12. The van der Waals surface area contributed by atoms with Crippen molar-refractivity contribution < 1.29 is 4.79 Å². The minimum atomic E-state index is -0.202. The fourth-order valence-electron chi connectivity index (χ4n) is 1.29. The minimum Gasteiger partial charge on any atom is -0.355 e. The van der Waals surface area contributed by atoms with Crippen molar-refractivity contribution in [1.82, 2.24) is 10.6 Å². The van der Waals surface area contributed by atoms with Crippen molar-refractivity contribution in [3.8, 4) is 0 Å². The van der Waals surface area contributed by atoms with Crippen molar-refractivity contribution in [2.45, 2.75) is 38.5 Å². The molecule has 0 saturated carbocycles. The zero-order chi connectivity index (χ0) is 11.3. The Kier molecular flexibility index (Phi) is 4.94. The number of thioether (sulfide) groups is 1. The van der Waals surface area contributed by atoms with E-state index in [9.17, 15) is 4.79 Å². The number of nitrogens with zero attached hydrogens (tertiary/aromatic N) is 1. The Bertz CT molecular complexity index is 255. The van der Waals surface area contributed by atoms with Gasteiger partial charge < -0.3 is 10.6 Å². The van der Waals surface area contributed by atoms with Gasteiger partial charge in [-0.3, -0.25) is 9.79 Å². The zero-order valence-corrected chi connectivity index (χ0v) is 10.4. The summed E-state index contributed by atoms with van der Waals surface area (Å²) >= 11 is 1.73. The summed E-state index contributed by atoms with van der Waals surface area (Å²) in [6.45, 7) is 7.46. The average molecular weight is 229 g/mol. The highest BCUT2D eigenvalue weighted by Gasteiger charge is 2.21. The summed E-state index contributed by atoms with van der Waals surface area (Å²) in [5, 5.41) is 7.39. The predicted molar refractivity (Wildman–Crippen MR) is 65.3 cm³/mol. The molecular weight excluding hydrogens is 210 g/mol. The molecule has 1 amide bonds. The number of nitrogens with one attached hydrogen (secondary N) is 2. The lowest BCUT2D eigenvalue weighted by Crippen LogP contribution is -2.43. The van der Waals surface area contributed by atoms with Crippen LogP contribution in [0.3, 0.4) is 0 Å². The Hall–Kier alpha value is -0.710. The van der Waals surface area contributed by atoms with E-state index < -0.39 is 0 Å². The third-order valence-corrected chi connectivity index (χ3v) is 3.54. The maximum Gasteiger partial charge on any atom is 0.242 e. The quantitative estimate of drug-likeness (QED) is 0.755. The number of rotatable bonds is 4. The number of likely N-dealkylation sites (N-methyl/N-ethyl adjacent to an activating group) is 1. The molecule has 0 aromatic heterocycles. The Morgan fingerprint density at radius 3 is 2.93 bits per heavy atom. The predicted octanol–water partition coefficient (Wildman–Crippen LogP) is 0.982. The summed E-state index contributed by atoms with van der Waals surface area (Å²) < 4.78 is 0. The van der Waals surface area contributed by atoms with Gasteiger partial charge in [-0.1, -0.05) is 18.7 Å². The van der Waals surface area contributed by atoms with Crippen LogP contribution in [0, 0.1) is 0 Å². The van der Waals surface area contributed by atoms with Crippen molar-refractivity contribution in [3.63, 3.8) is 0 Å². The van der Waals surface area contributed by atoms with Crippen molar-refractivity contribution >= 4 is 22.8 Å². The molecule has 1 rings (SSSR count). The lowest BCUT2D eigenvalue weighted by atomic mass is 10.3. The van der Waals surface area contributed by atoms with Crippen molar-refractivity contribution in [2.75, 3.05) is 13.1 Å². The van der Waals surface area contributed by atoms with E-state index in [-0.39, 0.29) is 11.9 Å². The molecule has 15 heavy (non-hydrogen) atoms.